The van der Waals surface area contributed by atoms with E-state index in [0.29, 0.717) is 6.54 Å². The van der Waals surface area contributed by atoms with Gasteiger partial charge in [-0.2, -0.15) is 0 Å². The predicted octanol–water partition coefficient (Wildman–Crippen LogP) is 2.52. The van der Waals surface area contributed by atoms with Gasteiger partial charge in [-0.1, -0.05) is 18.2 Å². The number of anilines is 1. The van der Waals surface area contributed by atoms with E-state index in [9.17, 15) is 13.6 Å². The van der Waals surface area contributed by atoms with E-state index < -0.39 is 11.6 Å². The molecular weight excluding hydrogens is 324 g/mol. The molecule has 1 aliphatic heterocycles. The molecule has 0 bridgehead atoms. The number of amides is 1. The second kappa shape index (κ2) is 8.07. The van der Waals surface area contributed by atoms with Crippen LogP contribution in [0.25, 0.3) is 0 Å². The first-order valence-corrected chi connectivity index (χ1v) is 8.39. The molecular formula is C19H21F2N3O. The molecule has 6 heteroatoms. The lowest BCUT2D eigenvalue weighted by molar-refractivity contribution is 0.0947. The summed E-state index contributed by atoms with van der Waals surface area (Å²) in [6.07, 6.45) is 0. The van der Waals surface area contributed by atoms with Gasteiger partial charge >= 0.3 is 0 Å². The van der Waals surface area contributed by atoms with Crippen LogP contribution in [-0.4, -0.2) is 50.1 Å². The van der Waals surface area contributed by atoms with Crippen LogP contribution >= 0.6 is 0 Å². The first kappa shape index (κ1) is 17.4. The van der Waals surface area contributed by atoms with Crippen molar-refractivity contribution in [1.82, 2.24) is 10.2 Å². The Morgan fingerprint density at radius 2 is 1.68 bits per heavy atom. The second-order valence-corrected chi connectivity index (χ2v) is 6.05. The lowest BCUT2D eigenvalue weighted by atomic mass is 10.2. The summed E-state index contributed by atoms with van der Waals surface area (Å²) < 4.78 is 26.1. The molecule has 2 aromatic carbocycles. The second-order valence-electron chi connectivity index (χ2n) is 6.05. The lowest BCUT2D eigenvalue weighted by Gasteiger charge is -2.36. The highest BCUT2D eigenvalue weighted by Crippen LogP contribution is 2.15. The van der Waals surface area contributed by atoms with E-state index in [1.54, 1.807) is 0 Å². The van der Waals surface area contributed by atoms with Crippen LogP contribution in [0.3, 0.4) is 0 Å². The van der Waals surface area contributed by atoms with Gasteiger partial charge in [-0.15, -0.1) is 0 Å². The standard InChI is InChI=1S/C19H21F2N3O/c20-17-7-6-15(14-18(17)21)19(25)22-8-9-23-10-12-24(13-11-23)16-4-2-1-3-5-16/h1-7,14H,8-13H2,(H,22,25). The Morgan fingerprint density at radius 3 is 2.36 bits per heavy atom. The number of hydrogen-bond donors (Lipinski definition) is 1. The summed E-state index contributed by atoms with van der Waals surface area (Å²) in [5, 5.41) is 2.75. The Hall–Kier alpha value is -2.47. The van der Waals surface area contributed by atoms with Crippen molar-refractivity contribution in [2.45, 2.75) is 0 Å². The van der Waals surface area contributed by atoms with Gasteiger partial charge < -0.3 is 10.2 Å². The van der Waals surface area contributed by atoms with E-state index in [4.69, 9.17) is 0 Å². The van der Waals surface area contributed by atoms with Crippen molar-refractivity contribution in [3.05, 3.63) is 65.7 Å². The minimum absolute atomic E-state index is 0.132. The van der Waals surface area contributed by atoms with E-state index >= 15 is 0 Å². The molecule has 2 aromatic rings. The molecule has 1 fully saturated rings. The molecule has 0 aliphatic carbocycles. The van der Waals surface area contributed by atoms with Crippen molar-refractivity contribution >= 4 is 11.6 Å². The van der Waals surface area contributed by atoms with Gasteiger partial charge in [0.2, 0.25) is 0 Å². The van der Waals surface area contributed by atoms with E-state index in [0.717, 1.165) is 44.9 Å². The fourth-order valence-corrected chi connectivity index (χ4v) is 2.94. The Labute approximate surface area is 146 Å². The maximum atomic E-state index is 13.2. The largest absolute Gasteiger partial charge is 0.369 e. The normalized spacial score (nSPS) is 15.2. The number of benzene rings is 2. The lowest BCUT2D eigenvalue weighted by Crippen LogP contribution is -2.48. The van der Waals surface area contributed by atoms with Crippen LogP contribution in [0, 0.1) is 11.6 Å². The zero-order valence-corrected chi connectivity index (χ0v) is 13.9. The third-order valence-corrected chi connectivity index (χ3v) is 4.39. The Balaban J connectivity index is 1.41. The maximum absolute atomic E-state index is 13.2. The Kier molecular flexibility index (Phi) is 5.60. The third kappa shape index (κ3) is 4.54. The predicted molar refractivity (Wildman–Crippen MR) is 93.8 cm³/mol. The van der Waals surface area contributed by atoms with E-state index in [2.05, 4.69) is 27.2 Å². The highest BCUT2D eigenvalue weighted by molar-refractivity contribution is 5.94. The van der Waals surface area contributed by atoms with Crippen molar-refractivity contribution in [1.29, 1.82) is 0 Å². The molecule has 0 radical (unpaired) electrons. The van der Waals surface area contributed by atoms with Gasteiger partial charge in [0.25, 0.3) is 5.91 Å². The van der Waals surface area contributed by atoms with Gasteiger partial charge in [-0.3, -0.25) is 9.69 Å². The van der Waals surface area contributed by atoms with Gasteiger partial charge in [0.1, 0.15) is 0 Å². The topological polar surface area (TPSA) is 35.6 Å². The highest BCUT2D eigenvalue weighted by atomic mass is 19.2. The van der Waals surface area contributed by atoms with E-state index in [1.165, 1.54) is 11.8 Å². The molecule has 0 unspecified atom stereocenters. The maximum Gasteiger partial charge on any atom is 0.251 e. The van der Waals surface area contributed by atoms with Gasteiger partial charge in [0, 0.05) is 50.5 Å². The summed E-state index contributed by atoms with van der Waals surface area (Å²) in [5.41, 5.74) is 1.36. The Morgan fingerprint density at radius 1 is 0.960 bits per heavy atom. The van der Waals surface area contributed by atoms with Crippen LogP contribution in [0.5, 0.6) is 0 Å². The third-order valence-electron chi connectivity index (χ3n) is 4.39. The molecule has 0 spiro atoms. The number of carbonyl (C=O) groups is 1. The summed E-state index contributed by atoms with van der Waals surface area (Å²) in [5.74, 6) is -2.35. The number of nitrogens with zero attached hydrogens (tertiary/aromatic N) is 2. The molecule has 4 nitrogen and oxygen atoms in total. The van der Waals surface area contributed by atoms with Gasteiger partial charge in [0.15, 0.2) is 11.6 Å². The zero-order valence-electron chi connectivity index (χ0n) is 13.9. The minimum Gasteiger partial charge on any atom is -0.369 e. The molecule has 25 heavy (non-hydrogen) atoms. The smallest absolute Gasteiger partial charge is 0.251 e. The molecule has 0 atom stereocenters. The summed E-state index contributed by atoms with van der Waals surface area (Å²) in [6, 6.07) is 13.5. The van der Waals surface area contributed by atoms with Crippen LogP contribution in [-0.2, 0) is 0 Å². The number of hydrogen-bond acceptors (Lipinski definition) is 3. The van der Waals surface area contributed by atoms with Crippen molar-refractivity contribution in [2.24, 2.45) is 0 Å². The number of para-hydroxylation sites is 1. The fourth-order valence-electron chi connectivity index (χ4n) is 2.94. The quantitative estimate of drug-likeness (QED) is 0.905. The van der Waals surface area contributed by atoms with Crippen LogP contribution in [0.1, 0.15) is 10.4 Å². The van der Waals surface area contributed by atoms with Crippen LogP contribution in [0.2, 0.25) is 0 Å². The van der Waals surface area contributed by atoms with Gasteiger partial charge in [-0.05, 0) is 30.3 Å². The minimum atomic E-state index is -1.01. The molecule has 1 aliphatic rings. The first-order valence-electron chi connectivity index (χ1n) is 8.39. The number of halogens is 2. The Bertz CT molecular complexity index is 716. The average Bonchev–Trinajstić information content (AvgIpc) is 2.65. The van der Waals surface area contributed by atoms with Gasteiger partial charge in [-0.25, -0.2) is 8.78 Å². The monoisotopic (exact) mass is 345 g/mol. The van der Waals surface area contributed by atoms with Crippen LogP contribution in [0.4, 0.5) is 14.5 Å². The molecule has 3 rings (SSSR count). The molecule has 0 saturated carbocycles. The molecule has 1 saturated heterocycles. The number of rotatable bonds is 5. The molecule has 1 N–H and O–H groups in total. The zero-order chi connectivity index (χ0) is 17.6. The van der Waals surface area contributed by atoms with E-state index in [-0.39, 0.29) is 11.5 Å². The summed E-state index contributed by atoms with van der Waals surface area (Å²) >= 11 is 0. The van der Waals surface area contributed by atoms with Crippen molar-refractivity contribution in [3.63, 3.8) is 0 Å². The number of carbonyl (C=O) groups excluding carboxylic acids is 1. The summed E-state index contributed by atoms with van der Waals surface area (Å²) in [7, 11) is 0. The summed E-state index contributed by atoms with van der Waals surface area (Å²) in [4.78, 5) is 16.6. The molecule has 1 amide bonds. The number of nitrogens with one attached hydrogen (secondary N) is 1. The highest BCUT2D eigenvalue weighted by Gasteiger charge is 2.17. The number of piperazine rings is 1. The SMILES string of the molecule is O=C(NCCN1CCN(c2ccccc2)CC1)c1ccc(F)c(F)c1. The average molecular weight is 345 g/mol. The summed E-state index contributed by atoms with van der Waals surface area (Å²) in [6.45, 7) is 4.95. The molecule has 1 heterocycles. The first-order chi connectivity index (χ1) is 12.1. The molecule has 0 aromatic heterocycles. The molecule has 132 valence electrons. The van der Waals surface area contributed by atoms with Crippen LogP contribution in [0.15, 0.2) is 48.5 Å². The van der Waals surface area contributed by atoms with Crippen LogP contribution < -0.4 is 10.2 Å². The fraction of sp³-hybridized carbons (Fsp3) is 0.316. The van der Waals surface area contributed by atoms with Crippen molar-refractivity contribution < 1.29 is 13.6 Å². The van der Waals surface area contributed by atoms with Gasteiger partial charge in [0.05, 0.1) is 0 Å². The van der Waals surface area contributed by atoms with E-state index in [1.807, 2.05) is 18.2 Å². The van der Waals surface area contributed by atoms with Crippen molar-refractivity contribution in [3.8, 4) is 0 Å². The van der Waals surface area contributed by atoms with Crippen molar-refractivity contribution in [2.75, 3.05) is 44.2 Å².